The van der Waals surface area contributed by atoms with Crippen LogP contribution in [-0.2, 0) is 6.54 Å². The molecule has 2 heterocycles. The van der Waals surface area contributed by atoms with E-state index in [0.29, 0.717) is 24.9 Å². The summed E-state index contributed by atoms with van der Waals surface area (Å²) in [7, 11) is 0. The summed E-state index contributed by atoms with van der Waals surface area (Å²) >= 11 is 0. The van der Waals surface area contributed by atoms with E-state index >= 15 is 0 Å². The highest BCUT2D eigenvalue weighted by Gasteiger charge is 2.29. The Bertz CT molecular complexity index is 690. The van der Waals surface area contributed by atoms with Crippen LogP contribution in [0.1, 0.15) is 30.5 Å². The monoisotopic (exact) mass is 327 g/mol. The van der Waals surface area contributed by atoms with Crippen LogP contribution in [0.4, 0.5) is 10.5 Å². The largest absolute Gasteiger partial charge is 0.368 e. The molecule has 0 spiro atoms. The molecule has 1 aliphatic carbocycles. The molecule has 0 unspecified atom stereocenters. The first-order chi connectivity index (χ1) is 11.8. The molecule has 4 rings (SSSR count). The smallest absolute Gasteiger partial charge is 0.317 e. The number of benzene rings is 1. The zero-order chi connectivity index (χ0) is 16.4. The van der Waals surface area contributed by atoms with E-state index in [2.05, 4.69) is 32.5 Å². The van der Waals surface area contributed by atoms with Crippen LogP contribution in [0.5, 0.6) is 0 Å². The summed E-state index contributed by atoms with van der Waals surface area (Å²) in [5.41, 5.74) is 1.20. The highest BCUT2D eigenvalue weighted by atomic mass is 16.5. The number of anilines is 1. The predicted octanol–water partition coefficient (Wildman–Crippen LogP) is 1.98. The van der Waals surface area contributed by atoms with Gasteiger partial charge in [0.1, 0.15) is 0 Å². The van der Waals surface area contributed by atoms with Gasteiger partial charge in [-0.3, -0.25) is 0 Å². The summed E-state index contributed by atoms with van der Waals surface area (Å²) in [5.74, 6) is 1.72. The lowest BCUT2D eigenvalue weighted by Crippen LogP contribution is -2.51. The third-order valence-corrected chi connectivity index (χ3v) is 4.51. The molecule has 1 aliphatic heterocycles. The van der Waals surface area contributed by atoms with E-state index in [1.165, 1.54) is 5.69 Å². The van der Waals surface area contributed by atoms with Crippen molar-refractivity contribution in [2.24, 2.45) is 0 Å². The van der Waals surface area contributed by atoms with Gasteiger partial charge in [-0.15, -0.1) is 0 Å². The molecule has 2 fully saturated rings. The average Bonchev–Trinajstić information content (AvgIpc) is 3.39. The molecule has 1 N–H and O–H groups in total. The Morgan fingerprint density at radius 1 is 1.17 bits per heavy atom. The van der Waals surface area contributed by atoms with Crippen LogP contribution in [0, 0.1) is 0 Å². The fourth-order valence-corrected chi connectivity index (χ4v) is 2.92. The van der Waals surface area contributed by atoms with Crippen molar-refractivity contribution in [1.29, 1.82) is 0 Å². The molecule has 0 atom stereocenters. The van der Waals surface area contributed by atoms with Gasteiger partial charge in [0.15, 0.2) is 5.82 Å². The van der Waals surface area contributed by atoms with Gasteiger partial charge in [-0.05, 0) is 25.0 Å². The van der Waals surface area contributed by atoms with Gasteiger partial charge in [0.05, 0.1) is 6.54 Å². The van der Waals surface area contributed by atoms with E-state index in [-0.39, 0.29) is 12.6 Å². The summed E-state index contributed by atoms with van der Waals surface area (Å²) < 4.78 is 5.18. The standard InChI is InChI=1S/C17H21N5O2/c23-17(18-12-15-19-16(20-24-15)13-6-7-13)22-10-8-21(9-11-22)14-4-2-1-3-5-14/h1-5,13H,6-12H2,(H,18,23). The van der Waals surface area contributed by atoms with Crippen molar-refractivity contribution >= 4 is 11.7 Å². The van der Waals surface area contributed by atoms with Gasteiger partial charge in [0.2, 0.25) is 5.89 Å². The van der Waals surface area contributed by atoms with Crippen LogP contribution >= 0.6 is 0 Å². The van der Waals surface area contributed by atoms with Gasteiger partial charge in [-0.25, -0.2) is 4.79 Å². The summed E-state index contributed by atoms with van der Waals surface area (Å²) in [4.78, 5) is 20.7. The number of aromatic nitrogens is 2. The number of para-hydroxylation sites is 1. The topological polar surface area (TPSA) is 74.5 Å². The lowest BCUT2D eigenvalue weighted by Gasteiger charge is -2.36. The Kier molecular flexibility index (Phi) is 4.06. The van der Waals surface area contributed by atoms with E-state index in [9.17, 15) is 4.79 Å². The molecule has 2 amide bonds. The number of piperazine rings is 1. The molecule has 2 aromatic rings. The highest BCUT2D eigenvalue weighted by Crippen LogP contribution is 2.38. The molecular weight excluding hydrogens is 306 g/mol. The average molecular weight is 327 g/mol. The minimum atomic E-state index is -0.0751. The molecule has 1 saturated carbocycles. The number of hydrogen-bond donors (Lipinski definition) is 1. The van der Waals surface area contributed by atoms with Crippen LogP contribution < -0.4 is 10.2 Å². The summed E-state index contributed by atoms with van der Waals surface area (Å²) in [6, 6.07) is 10.2. The molecule has 1 aromatic heterocycles. The van der Waals surface area contributed by atoms with Gasteiger partial charge in [-0.1, -0.05) is 23.4 Å². The number of rotatable bonds is 4. The maximum absolute atomic E-state index is 12.3. The second-order valence-electron chi connectivity index (χ2n) is 6.29. The maximum atomic E-state index is 12.3. The molecule has 24 heavy (non-hydrogen) atoms. The first-order valence-electron chi connectivity index (χ1n) is 8.45. The SMILES string of the molecule is O=C(NCc1nc(C2CC2)no1)N1CCN(c2ccccc2)CC1. The van der Waals surface area contributed by atoms with Gasteiger partial charge >= 0.3 is 6.03 Å². The Morgan fingerprint density at radius 3 is 2.62 bits per heavy atom. The second kappa shape index (κ2) is 6.51. The summed E-state index contributed by atoms with van der Waals surface area (Å²) in [5, 5.41) is 6.82. The molecule has 126 valence electrons. The van der Waals surface area contributed by atoms with Crippen LogP contribution in [-0.4, -0.2) is 47.3 Å². The number of hydrogen-bond acceptors (Lipinski definition) is 5. The fourth-order valence-electron chi connectivity index (χ4n) is 2.92. The molecule has 1 saturated heterocycles. The number of urea groups is 1. The van der Waals surface area contributed by atoms with Crippen molar-refractivity contribution in [3.05, 3.63) is 42.0 Å². The first-order valence-corrected chi connectivity index (χ1v) is 8.45. The third-order valence-electron chi connectivity index (χ3n) is 4.51. The fraction of sp³-hybridized carbons (Fsp3) is 0.471. The quantitative estimate of drug-likeness (QED) is 0.929. The summed E-state index contributed by atoms with van der Waals surface area (Å²) in [6.45, 7) is 3.38. The Hall–Kier alpha value is -2.57. The van der Waals surface area contributed by atoms with Gasteiger partial charge in [0.25, 0.3) is 0 Å². The molecule has 0 bridgehead atoms. The van der Waals surface area contributed by atoms with Crippen LogP contribution in [0.2, 0.25) is 0 Å². The normalized spacial score (nSPS) is 17.8. The third kappa shape index (κ3) is 3.34. The first kappa shape index (κ1) is 15.0. The van der Waals surface area contributed by atoms with Gasteiger partial charge in [0, 0.05) is 37.8 Å². The lowest BCUT2D eigenvalue weighted by atomic mass is 10.2. The number of nitrogens with zero attached hydrogens (tertiary/aromatic N) is 4. The molecule has 1 aromatic carbocycles. The second-order valence-corrected chi connectivity index (χ2v) is 6.29. The highest BCUT2D eigenvalue weighted by molar-refractivity contribution is 5.74. The van der Waals surface area contributed by atoms with Crippen LogP contribution in [0.15, 0.2) is 34.9 Å². The van der Waals surface area contributed by atoms with Crippen molar-refractivity contribution in [3.63, 3.8) is 0 Å². The van der Waals surface area contributed by atoms with Crippen molar-refractivity contribution < 1.29 is 9.32 Å². The van der Waals surface area contributed by atoms with Crippen molar-refractivity contribution in [1.82, 2.24) is 20.4 Å². The van der Waals surface area contributed by atoms with E-state index in [1.54, 1.807) is 0 Å². The Balaban J connectivity index is 1.25. The minimum absolute atomic E-state index is 0.0751. The minimum Gasteiger partial charge on any atom is -0.368 e. The van der Waals surface area contributed by atoms with Crippen molar-refractivity contribution in [2.75, 3.05) is 31.1 Å². The molecule has 0 radical (unpaired) electrons. The molecule has 2 aliphatic rings. The van der Waals surface area contributed by atoms with Gasteiger partial charge in [-0.2, -0.15) is 4.98 Å². The summed E-state index contributed by atoms with van der Waals surface area (Å²) in [6.07, 6.45) is 2.27. The zero-order valence-electron chi connectivity index (χ0n) is 13.5. The van der Waals surface area contributed by atoms with E-state index in [0.717, 1.165) is 31.8 Å². The van der Waals surface area contributed by atoms with E-state index in [1.807, 2.05) is 23.1 Å². The van der Waals surface area contributed by atoms with E-state index in [4.69, 9.17) is 4.52 Å². The number of amides is 2. The Labute approximate surface area is 140 Å². The van der Waals surface area contributed by atoms with Crippen molar-refractivity contribution in [2.45, 2.75) is 25.3 Å². The number of carbonyl (C=O) groups excluding carboxylic acids is 1. The predicted molar refractivity (Wildman–Crippen MR) is 88.7 cm³/mol. The van der Waals surface area contributed by atoms with E-state index < -0.39 is 0 Å². The van der Waals surface area contributed by atoms with Crippen LogP contribution in [0.25, 0.3) is 0 Å². The zero-order valence-corrected chi connectivity index (χ0v) is 13.5. The van der Waals surface area contributed by atoms with Gasteiger partial charge < -0.3 is 19.6 Å². The Morgan fingerprint density at radius 2 is 1.92 bits per heavy atom. The van der Waals surface area contributed by atoms with Crippen molar-refractivity contribution in [3.8, 4) is 0 Å². The number of nitrogens with one attached hydrogen (secondary N) is 1. The molecule has 7 nitrogen and oxygen atoms in total. The number of carbonyl (C=O) groups is 1. The maximum Gasteiger partial charge on any atom is 0.317 e. The molecule has 7 heteroatoms. The van der Waals surface area contributed by atoms with Crippen LogP contribution in [0.3, 0.4) is 0 Å². The molecular formula is C17H21N5O2. The lowest BCUT2D eigenvalue weighted by molar-refractivity contribution is 0.192.